The predicted molar refractivity (Wildman–Crippen MR) is 97.5 cm³/mol. The molecule has 2 rings (SSSR count). The van der Waals surface area contributed by atoms with Gasteiger partial charge in [0.1, 0.15) is 6.54 Å². The molecule has 0 bridgehead atoms. The number of rotatable bonds is 6. The molecule has 0 aliphatic carbocycles. The van der Waals surface area contributed by atoms with Crippen LogP contribution in [0.2, 0.25) is 0 Å². The molecular formula is C18H26N2O5S. The number of hydrogen-bond acceptors (Lipinski definition) is 4. The van der Waals surface area contributed by atoms with E-state index in [-0.39, 0.29) is 22.5 Å². The number of carbonyl (C=O) groups excluding carboxylic acids is 1. The molecule has 26 heavy (non-hydrogen) atoms. The first-order valence-electron chi connectivity index (χ1n) is 8.79. The Balaban J connectivity index is 2.24. The quantitative estimate of drug-likeness (QED) is 0.814. The molecule has 1 unspecified atom stereocenters. The SMILES string of the molecule is CC(C)N(CC(=O)O)C(=O)c1ccc(S(=O)(=O)N2CCCCC2C)cc1. The average Bonchev–Trinajstić information content (AvgIpc) is 2.59. The topological polar surface area (TPSA) is 95.0 Å². The number of aliphatic carboxylic acids is 1. The zero-order valence-electron chi connectivity index (χ0n) is 15.4. The van der Waals surface area contributed by atoms with Crippen LogP contribution in [0.4, 0.5) is 0 Å². The third kappa shape index (κ3) is 4.42. The summed E-state index contributed by atoms with van der Waals surface area (Å²) in [6.45, 7) is 5.47. The molecule has 0 radical (unpaired) electrons. The molecule has 1 saturated heterocycles. The molecule has 0 spiro atoms. The van der Waals surface area contributed by atoms with Crippen molar-refractivity contribution in [2.24, 2.45) is 0 Å². The summed E-state index contributed by atoms with van der Waals surface area (Å²) in [5.74, 6) is -1.52. The van der Waals surface area contributed by atoms with Gasteiger partial charge in [-0.05, 0) is 57.9 Å². The first kappa shape index (κ1) is 20.4. The summed E-state index contributed by atoms with van der Waals surface area (Å²) in [4.78, 5) is 24.9. The van der Waals surface area contributed by atoms with Gasteiger partial charge in [0.25, 0.3) is 5.91 Å². The largest absolute Gasteiger partial charge is 0.480 e. The van der Waals surface area contributed by atoms with Gasteiger partial charge in [-0.25, -0.2) is 8.42 Å². The smallest absolute Gasteiger partial charge is 0.323 e. The zero-order valence-corrected chi connectivity index (χ0v) is 16.2. The maximum Gasteiger partial charge on any atom is 0.323 e. The van der Waals surface area contributed by atoms with E-state index >= 15 is 0 Å². The molecule has 1 aliphatic rings. The number of amides is 1. The molecular weight excluding hydrogens is 356 g/mol. The minimum absolute atomic E-state index is 0.0398. The Morgan fingerprint density at radius 3 is 2.35 bits per heavy atom. The highest BCUT2D eigenvalue weighted by molar-refractivity contribution is 7.89. The van der Waals surface area contributed by atoms with Gasteiger partial charge in [0.2, 0.25) is 10.0 Å². The molecule has 144 valence electrons. The standard InChI is InChI=1S/C18H26N2O5S/c1-13(2)19(12-17(21)22)18(23)15-7-9-16(10-8-15)26(24,25)20-11-5-4-6-14(20)3/h7-10,13-14H,4-6,11-12H2,1-3H3,(H,21,22). The number of carboxylic acids is 1. The molecule has 1 aliphatic heterocycles. The number of piperidine rings is 1. The Morgan fingerprint density at radius 2 is 1.85 bits per heavy atom. The van der Waals surface area contributed by atoms with Crippen LogP contribution in [0.5, 0.6) is 0 Å². The molecule has 1 fully saturated rings. The van der Waals surface area contributed by atoms with E-state index in [4.69, 9.17) is 5.11 Å². The number of hydrogen-bond donors (Lipinski definition) is 1. The second-order valence-corrected chi connectivity index (χ2v) is 8.80. The van der Waals surface area contributed by atoms with E-state index in [1.807, 2.05) is 6.92 Å². The molecule has 1 N–H and O–H groups in total. The van der Waals surface area contributed by atoms with E-state index < -0.39 is 28.4 Å². The van der Waals surface area contributed by atoms with Gasteiger partial charge < -0.3 is 10.0 Å². The fourth-order valence-electron chi connectivity index (χ4n) is 3.13. The van der Waals surface area contributed by atoms with Crippen molar-refractivity contribution in [3.63, 3.8) is 0 Å². The Kier molecular flexibility index (Phi) is 6.41. The van der Waals surface area contributed by atoms with Crippen LogP contribution < -0.4 is 0 Å². The molecule has 0 saturated carbocycles. The van der Waals surface area contributed by atoms with E-state index in [2.05, 4.69) is 0 Å². The maximum absolute atomic E-state index is 12.8. The molecule has 1 aromatic rings. The molecule has 7 nitrogen and oxygen atoms in total. The monoisotopic (exact) mass is 382 g/mol. The summed E-state index contributed by atoms with van der Waals surface area (Å²) < 4.78 is 27.2. The second kappa shape index (κ2) is 8.18. The van der Waals surface area contributed by atoms with Crippen molar-refractivity contribution in [3.05, 3.63) is 29.8 Å². The van der Waals surface area contributed by atoms with E-state index in [0.29, 0.717) is 6.54 Å². The third-order valence-corrected chi connectivity index (χ3v) is 6.67. The van der Waals surface area contributed by atoms with Crippen molar-refractivity contribution in [2.75, 3.05) is 13.1 Å². The number of sulfonamides is 1. The number of benzene rings is 1. The van der Waals surface area contributed by atoms with Gasteiger partial charge in [-0.2, -0.15) is 4.31 Å². The predicted octanol–water partition coefficient (Wildman–Crippen LogP) is 2.18. The Hall–Kier alpha value is -1.93. The minimum Gasteiger partial charge on any atom is -0.480 e. The normalized spacial score (nSPS) is 18.7. The number of nitrogens with zero attached hydrogens (tertiary/aromatic N) is 2. The summed E-state index contributed by atoms with van der Waals surface area (Å²) in [5, 5.41) is 8.97. The summed E-state index contributed by atoms with van der Waals surface area (Å²) in [6, 6.07) is 5.41. The van der Waals surface area contributed by atoms with E-state index in [9.17, 15) is 18.0 Å². The van der Waals surface area contributed by atoms with Crippen molar-refractivity contribution in [1.82, 2.24) is 9.21 Å². The van der Waals surface area contributed by atoms with Crippen LogP contribution in [-0.2, 0) is 14.8 Å². The van der Waals surface area contributed by atoms with Crippen LogP contribution in [0.15, 0.2) is 29.2 Å². The van der Waals surface area contributed by atoms with Gasteiger partial charge in [-0.3, -0.25) is 9.59 Å². The molecule has 0 aromatic heterocycles. The molecule has 1 heterocycles. The molecule has 1 aromatic carbocycles. The van der Waals surface area contributed by atoms with Gasteiger partial charge in [0.15, 0.2) is 0 Å². The second-order valence-electron chi connectivity index (χ2n) is 6.91. The average molecular weight is 382 g/mol. The third-order valence-electron chi connectivity index (χ3n) is 4.64. The lowest BCUT2D eigenvalue weighted by Gasteiger charge is -2.32. The number of carboxylic acid groups (broad SMARTS) is 1. The first-order chi connectivity index (χ1) is 12.1. The zero-order chi connectivity index (χ0) is 19.5. The van der Waals surface area contributed by atoms with Gasteiger partial charge in [-0.1, -0.05) is 6.42 Å². The molecule has 8 heteroatoms. The highest BCUT2D eigenvalue weighted by Crippen LogP contribution is 2.25. The van der Waals surface area contributed by atoms with Crippen LogP contribution in [0.1, 0.15) is 50.4 Å². The van der Waals surface area contributed by atoms with Crippen molar-refractivity contribution in [3.8, 4) is 0 Å². The van der Waals surface area contributed by atoms with Gasteiger partial charge in [0.05, 0.1) is 4.90 Å². The Bertz CT molecular complexity index is 758. The van der Waals surface area contributed by atoms with Crippen LogP contribution in [0.3, 0.4) is 0 Å². The number of carbonyl (C=O) groups is 2. The van der Waals surface area contributed by atoms with Crippen molar-refractivity contribution in [1.29, 1.82) is 0 Å². The first-order valence-corrected chi connectivity index (χ1v) is 10.2. The van der Waals surface area contributed by atoms with Gasteiger partial charge >= 0.3 is 5.97 Å². The van der Waals surface area contributed by atoms with Crippen LogP contribution in [0, 0.1) is 0 Å². The van der Waals surface area contributed by atoms with Crippen molar-refractivity contribution >= 4 is 21.9 Å². The molecule has 1 atom stereocenters. The van der Waals surface area contributed by atoms with Crippen LogP contribution >= 0.6 is 0 Å². The Morgan fingerprint density at radius 1 is 1.23 bits per heavy atom. The summed E-state index contributed by atoms with van der Waals surface area (Å²) >= 11 is 0. The Labute approximate surface area is 154 Å². The summed E-state index contributed by atoms with van der Waals surface area (Å²) in [7, 11) is -3.59. The highest BCUT2D eigenvalue weighted by Gasteiger charge is 2.31. The van der Waals surface area contributed by atoms with Crippen LogP contribution in [-0.4, -0.2) is 59.8 Å². The summed E-state index contributed by atoms with van der Waals surface area (Å²) in [6.07, 6.45) is 2.71. The van der Waals surface area contributed by atoms with Gasteiger partial charge in [0, 0.05) is 24.2 Å². The highest BCUT2D eigenvalue weighted by atomic mass is 32.2. The van der Waals surface area contributed by atoms with Crippen LogP contribution in [0.25, 0.3) is 0 Å². The van der Waals surface area contributed by atoms with E-state index in [1.165, 1.54) is 33.5 Å². The van der Waals surface area contributed by atoms with Crippen molar-refractivity contribution in [2.45, 2.75) is 57.0 Å². The minimum atomic E-state index is -3.59. The fourth-order valence-corrected chi connectivity index (χ4v) is 4.83. The van der Waals surface area contributed by atoms with Gasteiger partial charge in [-0.15, -0.1) is 0 Å². The lowest BCUT2D eigenvalue weighted by atomic mass is 10.1. The lowest BCUT2D eigenvalue weighted by Crippen LogP contribution is -2.42. The maximum atomic E-state index is 12.8. The lowest BCUT2D eigenvalue weighted by molar-refractivity contribution is -0.138. The fraction of sp³-hybridized carbons (Fsp3) is 0.556. The van der Waals surface area contributed by atoms with E-state index in [0.717, 1.165) is 19.3 Å². The van der Waals surface area contributed by atoms with Crippen molar-refractivity contribution < 1.29 is 23.1 Å². The summed E-state index contributed by atoms with van der Waals surface area (Å²) in [5.41, 5.74) is 0.269. The molecule has 1 amide bonds. The van der Waals surface area contributed by atoms with E-state index in [1.54, 1.807) is 13.8 Å².